The minimum atomic E-state index is 0.818. The summed E-state index contributed by atoms with van der Waals surface area (Å²) >= 11 is 0. The van der Waals surface area contributed by atoms with Crippen LogP contribution < -0.4 is 5.73 Å². The largest absolute Gasteiger partial charge is 0.399 e. The summed E-state index contributed by atoms with van der Waals surface area (Å²) in [6.07, 6.45) is 1.70. The SMILES string of the molecule is Cc1nc(CCc2ccccc2N)n[nH]1. The highest BCUT2D eigenvalue weighted by Gasteiger charge is 2.02. The fraction of sp³-hybridized carbons (Fsp3) is 0.273. The Labute approximate surface area is 88.5 Å². The molecule has 0 aliphatic heterocycles. The van der Waals surface area contributed by atoms with Crippen molar-refractivity contribution in [3.8, 4) is 0 Å². The number of H-pyrrole nitrogens is 1. The van der Waals surface area contributed by atoms with Crippen molar-refractivity contribution in [3.05, 3.63) is 41.5 Å². The van der Waals surface area contributed by atoms with Gasteiger partial charge in [0.25, 0.3) is 0 Å². The van der Waals surface area contributed by atoms with Crippen LogP contribution in [-0.2, 0) is 12.8 Å². The van der Waals surface area contributed by atoms with E-state index in [9.17, 15) is 0 Å². The second-order valence-electron chi connectivity index (χ2n) is 3.54. The van der Waals surface area contributed by atoms with E-state index in [0.29, 0.717) is 0 Å². The fourth-order valence-electron chi connectivity index (χ4n) is 1.51. The van der Waals surface area contributed by atoms with Crippen molar-refractivity contribution in [1.82, 2.24) is 15.2 Å². The average Bonchev–Trinajstić information content (AvgIpc) is 2.63. The Morgan fingerprint density at radius 2 is 2.07 bits per heavy atom. The number of aromatic nitrogens is 3. The number of nitrogens with two attached hydrogens (primary N) is 1. The van der Waals surface area contributed by atoms with Gasteiger partial charge in [0.2, 0.25) is 0 Å². The van der Waals surface area contributed by atoms with Crippen LogP contribution in [0.2, 0.25) is 0 Å². The van der Waals surface area contributed by atoms with Crippen LogP contribution in [0.25, 0.3) is 0 Å². The number of aryl methyl sites for hydroxylation is 3. The van der Waals surface area contributed by atoms with E-state index in [0.717, 1.165) is 35.7 Å². The van der Waals surface area contributed by atoms with Gasteiger partial charge < -0.3 is 5.73 Å². The van der Waals surface area contributed by atoms with Gasteiger partial charge in [-0.2, -0.15) is 5.10 Å². The third kappa shape index (κ3) is 2.34. The first-order valence-electron chi connectivity index (χ1n) is 4.97. The topological polar surface area (TPSA) is 67.6 Å². The number of nitrogen functional groups attached to an aromatic ring is 1. The Morgan fingerprint density at radius 1 is 1.27 bits per heavy atom. The van der Waals surface area contributed by atoms with E-state index in [1.807, 2.05) is 31.2 Å². The number of nitrogens with one attached hydrogen (secondary N) is 1. The van der Waals surface area contributed by atoms with E-state index in [1.165, 1.54) is 0 Å². The molecule has 0 atom stereocenters. The highest BCUT2D eigenvalue weighted by molar-refractivity contribution is 5.46. The maximum Gasteiger partial charge on any atom is 0.151 e. The van der Waals surface area contributed by atoms with Gasteiger partial charge in [0.1, 0.15) is 5.82 Å². The summed E-state index contributed by atoms with van der Waals surface area (Å²) in [5.74, 6) is 1.70. The zero-order valence-corrected chi connectivity index (χ0v) is 8.70. The first-order valence-corrected chi connectivity index (χ1v) is 4.97. The Morgan fingerprint density at radius 3 is 2.73 bits per heavy atom. The molecule has 0 unspecified atom stereocenters. The molecule has 1 aromatic carbocycles. The van der Waals surface area contributed by atoms with Crippen LogP contribution in [0.4, 0.5) is 5.69 Å². The summed E-state index contributed by atoms with van der Waals surface area (Å²) in [6.45, 7) is 1.90. The molecule has 0 saturated heterocycles. The lowest BCUT2D eigenvalue weighted by atomic mass is 10.1. The summed E-state index contributed by atoms with van der Waals surface area (Å²) in [7, 11) is 0. The van der Waals surface area contributed by atoms with Gasteiger partial charge in [-0.3, -0.25) is 5.10 Å². The number of rotatable bonds is 3. The molecule has 0 aliphatic rings. The Kier molecular flexibility index (Phi) is 2.67. The molecule has 0 amide bonds. The molecular formula is C11H14N4. The molecule has 0 spiro atoms. The third-order valence-electron chi connectivity index (χ3n) is 2.32. The van der Waals surface area contributed by atoms with E-state index < -0.39 is 0 Å². The smallest absolute Gasteiger partial charge is 0.151 e. The van der Waals surface area contributed by atoms with Gasteiger partial charge in [-0.25, -0.2) is 4.98 Å². The minimum absolute atomic E-state index is 0.818. The van der Waals surface area contributed by atoms with Gasteiger partial charge in [0, 0.05) is 12.1 Å². The number of para-hydroxylation sites is 1. The van der Waals surface area contributed by atoms with Crippen molar-refractivity contribution >= 4 is 5.69 Å². The number of hydrogen-bond acceptors (Lipinski definition) is 3. The molecule has 4 nitrogen and oxygen atoms in total. The summed E-state index contributed by atoms with van der Waals surface area (Å²) < 4.78 is 0. The third-order valence-corrected chi connectivity index (χ3v) is 2.32. The minimum Gasteiger partial charge on any atom is -0.399 e. The van der Waals surface area contributed by atoms with E-state index in [2.05, 4.69) is 15.2 Å². The van der Waals surface area contributed by atoms with Gasteiger partial charge in [-0.15, -0.1) is 0 Å². The molecule has 15 heavy (non-hydrogen) atoms. The molecule has 4 heteroatoms. The van der Waals surface area contributed by atoms with Crippen LogP contribution in [0.5, 0.6) is 0 Å². The standard InChI is InChI=1S/C11H14N4/c1-8-13-11(15-14-8)7-6-9-4-2-3-5-10(9)12/h2-5H,6-7,12H2,1H3,(H,13,14,15). The van der Waals surface area contributed by atoms with Crippen LogP contribution in [0, 0.1) is 6.92 Å². The Hall–Kier alpha value is -1.84. The van der Waals surface area contributed by atoms with Crippen LogP contribution in [0.15, 0.2) is 24.3 Å². The van der Waals surface area contributed by atoms with Crippen molar-refractivity contribution < 1.29 is 0 Å². The lowest BCUT2D eigenvalue weighted by molar-refractivity contribution is 0.866. The maximum absolute atomic E-state index is 5.84. The van der Waals surface area contributed by atoms with E-state index in [1.54, 1.807) is 0 Å². The maximum atomic E-state index is 5.84. The van der Waals surface area contributed by atoms with Gasteiger partial charge in [0.05, 0.1) is 0 Å². The highest BCUT2D eigenvalue weighted by atomic mass is 15.2. The monoisotopic (exact) mass is 202 g/mol. The zero-order chi connectivity index (χ0) is 10.7. The molecule has 2 rings (SSSR count). The summed E-state index contributed by atoms with van der Waals surface area (Å²) in [4.78, 5) is 4.25. The number of anilines is 1. The lowest BCUT2D eigenvalue weighted by Crippen LogP contribution is -1.98. The number of benzene rings is 1. The summed E-state index contributed by atoms with van der Waals surface area (Å²) in [5.41, 5.74) is 7.83. The summed E-state index contributed by atoms with van der Waals surface area (Å²) in [5, 5.41) is 6.91. The summed E-state index contributed by atoms with van der Waals surface area (Å²) in [6, 6.07) is 7.89. The molecule has 0 aliphatic carbocycles. The second-order valence-corrected chi connectivity index (χ2v) is 3.54. The Bertz CT molecular complexity index is 447. The van der Waals surface area contributed by atoms with Crippen LogP contribution in [0.1, 0.15) is 17.2 Å². The van der Waals surface area contributed by atoms with E-state index in [-0.39, 0.29) is 0 Å². The fourth-order valence-corrected chi connectivity index (χ4v) is 1.51. The van der Waals surface area contributed by atoms with Crippen LogP contribution >= 0.6 is 0 Å². The van der Waals surface area contributed by atoms with Crippen molar-refractivity contribution in [2.24, 2.45) is 0 Å². The number of hydrogen-bond donors (Lipinski definition) is 2. The van der Waals surface area contributed by atoms with Gasteiger partial charge in [0.15, 0.2) is 5.82 Å². The molecule has 0 fully saturated rings. The molecule has 0 radical (unpaired) electrons. The first-order chi connectivity index (χ1) is 7.25. The van der Waals surface area contributed by atoms with Crippen LogP contribution in [-0.4, -0.2) is 15.2 Å². The molecule has 1 heterocycles. The predicted molar refractivity (Wildman–Crippen MR) is 59.4 cm³/mol. The quantitative estimate of drug-likeness (QED) is 0.741. The van der Waals surface area contributed by atoms with Gasteiger partial charge in [-0.1, -0.05) is 18.2 Å². The molecule has 1 aromatic heterocycles. The second kappa shape index (κ2) is 4.13. The van der Waals surface area contributed by atoms with Crippen molar-refractivity contribution in [3.63, 3.8) is 0 Å². The molecule has 0 saturated carbocycles. The first kappa shape index (κ1) is 9.71. The van der Waals surface area contributed by atoms with E-state index in [4.69, 9.17) is 5.73 Å². The highest BCUT2D eigenvalue weighted by Crippen LogP contribution is 2.12. The van der Waals surface area contributed by atoms with Gasteiger partial charge in [-0.05, 0) is 25.0 Å². The number of aromatic amines is 1. The Balaban J connectivity index is 2.02. The molecule has 2 aromatic rings. The lowest BCUT2D eigenvalue weighted by Gasteiger charge is -2.02. The van der Waals surface area contributed by atoms with Crippen molar-refractivity contribution in [2.45, 2.75) is 19.8 Å². The van der Waals surface area contributed by atoms with Crippen molar-refractivity contribution in [1.29, 1.82) is 0 Å². The molecule has 3 N–H and O–H groups in total. The number of nitrogens with zero attached hydrogens (tertiary/aromatic N) is 2. The van der Waals surface area contributed by atoms with E-state index >= 15 is 0 Å². The van der Waals surface area contributed by atoms with Crippen molar-refractivity contribution in [2.75, 3.05) is 5.73 Å². The van der Waals surface area contributed by atoms with Gasteiger partial charge >= 0.3 is 0 Å². The normalized spacial score (nSPS) is 10.5. The molecule has 78 valence electrons. The molecular weight excluding hydrogens is 188 g/mol. The average molecular weight is 202 g/mol. The molecule has 0 bridgehead atoms. The predicted octanol–water partition coefficient (Wildman–Crippen LogP) is 1.48. The zero-order valence-electron chi connectivity index (χ0n) is 8.70. The van der Waals surface area contributed by atoms with Crippen LogP contribution in [0.3, 0.4) is 0 Å².